The first-order valence-electron chi connectivity index (χ1n) is 10.1. The first-order valence-corrected chi connectivity index (χ1v) is 10.1. The van der Waals surface area contributed by atoms with Crippen LogP contribution in [0, 0.1) is 0 Å². The summed E-state index contributed by atoms with van der Waals surface area (Å²) >= 11 is 0. The Balaban J connectivity index is 0. The third-order valence-corrected chi connectivity index (χ3v) is 4.05. The van der Waals surface area contributed by atoms with E-state index in [1.165, 1.54) is 70.6 Å². The molecule has 0 amide bonds. The van der Waals surface area contributed by atoms with Crippen molar-refractivity contribution < 1.29 is 29.7 Å². The summed E-state index contributed by atoms with van der Waals surface area (Å²) in [6.07, 6.45) is 16.7. The molecule has 0 heterocycles. The minimum atomic E-state index is -1.08. The van der Waals surface area contributed by atoms with E-state index in [-0.39, 0.29) is 12.8 Å². The predicted octanol–water partition coefficient (Wildman–Crippen LogP) is 5.49. The van der Waals surface area contributed by atoms with Crippen LogP contribution in [-0.4, -0.2) is 33.2 Å². The number of rotatable bonds is 17. The van der Waals surface area contributed by atoms with Crippen LogP contribution in [0.15, 0.2) is 0 Å². The smallest absolute Gasteiger partial charge is 0.303 e. The van der Waals surface area contributed by atoms with Crippen molar-refractivity contribution in [3.63, 3.8) is 0 Å². The van der Waals surface area contributed by atoms with Crippen LogP contribution >= 0.6 is 0 Å². The Labute approximate surface area is 158 Å². The molecule has 0 aliphatic heterocycles. The number of carboxylic acids is 3. The third kappa shape index (κ3) is 30.3. The van der Waals surface area contributed by atoms with Gasteiger partial charge in [0.25, 0.3) is 0 Å². The van der Waals surface area contributed by atoms with E-state index in [0.717, 1.165) is 12.8 Å². The van der Waals surface area contributed by atoms with Crippen LogP contribution in [0.2, 0.25) is 0 Å². The molecule has 0 bridgehead atoms. The standard InChI is InChI=1S/C16H32O2.C4H6O4/c1-2-3-4-5-6-7-8-9-10-11-12-13-14-15-16(17)18;5-3(6)1-2-4(7)8/h2-15H2,1H3,(H,17,18);1-2H2,(H,5,6)(H,7,8). The average molecular weight is 375 g/mol. The highest BCUT2D eigenvalue weighted by molar-refractivity contribution is 5.75. The van der Waals surface area contributed by atoms with Crippen molar-refractivity contribution >= 4 is 17.9 Å². The van der Waals surface area contributed by atoms with E-state index in [1.807, 2.05) is 0 Å². The Morgan fingerprint density at radius 2 is 0.731 bits per heavy atom. The molecule has 0 radical (unpaired) electrons. The molecule has 0 spiro atoms. The molecular formula is C20H38O6. The van der Waals surface area contributed by atoms with Gasteiger partial charge >= 0.3 is 17.9 Å². The fraction of sp³-hybridized carbons (Fsp3) is 0.850. The Hall–Kier alpha value is -1.59. The molecule has 0 aromatic rings. The molecule has 0 rings (SSSR count). The molecule has 0 saturated heterocycles. The molecule has 154 valence electrons. The summed E-state index contributed by atoms with van der Waals surface area (Å²) in [7, 11) is 0. The minimum Gasteiger partial charge on any atom is -0.481 e. The van der Waals surface area contributed by atoms with Crippen molar-refractivity contribution in [1.29, 1.82) is 0 Å². The van der Waals surface area contributed by atoms with E-state index in [4.69, 9.17) is 15.3 Å². The molecule has 6 nitrogen and oxygen atoms in total. The van der Waals surface area contributed by atoms with Crippen LogP contribution in [0.25, 0.3) is 0 Å². The lowest BCUT2D eigenvalue weighted by Crippen LogP contribution is -2.00. The summed E-state index contributed by atoms with van der Waals surface area (Å²) in [4.78, 5) is 29.6. The fourth-order valence-electron chi connectivity index (χ4n) is 2.51. The van der Waals surface area contributed by atoms with Gasteiger partial charge in [0.05, 0.1) is 12.8 Å². The maximum absolute atomic E-state index is 10.3. The van der Waals surface area contributed by atoms with Gasteiger partial charge in [0.2, 0.25) is 0 Å². The minimum absolute atomic E-state index is 0.296. The monoisotopic (exact) mass is 374 g/mol. The lowest BCUT2D eigenvalue weighted by Gasteiger charge is -2.02. The third-order valence-electron chi connectivity index (χ3n) is 4.05. The zero-order chi connectivity index (χ0) is 20.0. The molecule has 0 aromatic carbocycles. The van der Waals surface area contributed by atoms with Crippen molar-refractivity contribution in [3.05, 3.63) is 0 Å². The van der Waals surface area contributed by atoms with Gasteiger partial charge in [-0.1, -0.05) is 84.0 Å². The zero-order valence-electron chi connectivity index (χ0n) is 16.4. The van der Waals surface area contributed by atoms with Crippen LogP contribution < -0.4 is 0 Å². The zero-order valence-corrected chi connectivity index (χ0v) is 16.4. The van der Waals surface area contributed by atoms with Gasteiger partial charge in [-0.05, 0) is 6.42 Å². The van der Waals surface area contributed by atoms with Crippen LogP contribution in [0.5, 0.6) is 0 Å². The molecule has 6 heteroatoms. The number of carbonyl (C=O) groups is 3. The lowest BCUT2D eigenvalue weighted by atomic mass is 10.0. The highest BCUT2D eigenvalue weighted by Crippen LogP contribution is 2.12. The molecule has 0 aromatic heterocycles. The van der Waals surface area contributed by atoms with Gasteiger partial charge in [0.1, 0.15) is 0 Å². The first-order chi connectivity index (χ1) is 12.4. The van der Waals surface area contributed by atoms with E-state index in [9.17, 15) is 14.4 Å². The van der Waals surface area contributed by atoms with Gasteiger partial charge in [-0.3, -0.25) is 14.4 Å². The Kier molecular flexibility index (Phi) is 22.0. The van der Waals surface area contributed by atoms with Crippen molar-refractivity contribution in [2.75, 3.05) is 0 Å². The van der Waals surface area contributed by atoms with E-state index in [2.05, 4.69) is 6.92 Å². The Morgan fingerprint density at radius 3 is 1.00 bits per heavy atom. The predicted molar refractivity (Wildman–Crippen MR) is 102 cm³/mol. The average Bonchev–Trinajstić information content (AvgIpc) is 2.57. The normalized spacial score (nSPS) is 10.0. The van der Waals surface area contributed by atoms with Crippen LogP contribution in [0.3, 0.4) is 0 Å². The van der Waals surface area contributed by atoms with Crippen LogP contribution in [0.4, 0.5) is 0 Å². The van der Waals surface area contributed by atoms with E-state index in [0.29, 0.717) is 6.42 Å². The van der Waals surface area contributed by atoms with E-state index < -0.39 is 17.9 Å². The van der Waals surface area contributed by atoms with Crippen molar-refractivity contribution in [1.82, 2.24) is 0 Å². The molecule has 0 atom stereocenters. The molecule has 0 fully saturated rings. The molecule has 26 heavy (non-hydrogen) atoms. The molecule has 0 aliphatic carbocycles. The van der Waals surface area contributed by atoms with Crippen LogP contribution in [-0.2, 0) is 14.4 Å². The molecule has 0 saturated carbocycles. The maximum atomic E-state index is 10.3. The second-order valence-electron chi connectivity index (χ2n) is 6.67. The largest absolute Gasteiger partial charge is 0.481 e. The summed E-state index contributed by atoms with van der Waals surface area (Å²) in [5, 5.41) is 24.3. The Bertz CT molecular complexity index is 340. The maximum Gasteiger partial charge on any atom is 0.303 e. The SMILES string of the molecule is CCCCCCCCCCCCCCCC(=O)O.O=C(O)CCC(=O)O. The van der Waals surface area contributed by atoms with Gasteiger partial charge in [-0.15, -0.1) is 0 Å². The summed E-state index contributed by atoms with van der Waals surface area (Å²) < 4.78 is 0. The summed E-state index contributed by atoms with van der Waals surface area (Å²) in [5.74, 6) is -2.81. The van der Waals surface area contributed by atoms with Gasteiger partial charge in [-0.2, -0.15) is 0 Å². The number of carboxylic acid groups (broad SMARTS) is 3. The second kappa shape index (κ2) is 21.5. The summed E-state index contributed by atoms with van der Waals surface area (Å²) in [5.41, 5.74) is 0. The number of unbranched alkanes of at least 4 members (excludes halogenated alkanes) is 12. The van der Waals surface area contributed by atoms with Crippen molar-refractivity contribution in [2.45, 2.75) is 110 Å². The number of hydrogen-bond donors (Lipinski definition) is 3. The fourth-order valence-corrected chi connectivity index (χ4v) is 2.51. The summed E-state index contributed by atoms with van der Waals surface area (Å²) in [6, 6.07) is 0. The molecule has 0 unspecified atom stereocenters. The lowest BCUT2D eigenvalue weighted by molar-refractivity contribution is -0.143. The van der Waals surface area contributed by atoms with Crippen LogP contribution in [0.1, 0.15) is 110 Å². The molecule has 3 N–H and O–H groups in total. The van der Waals surface area contributed by atoms with Crippen molar-refractivity contribution in [2.24, 2.45) is 0 Å². The van der Waals surface area contributed by atoms with Gasteiger partial charge < -0.3 is 15.3 Å². The topological polar surface area (TPSA) is 112 Å². The number of hydrogen-bond acceptors (Lipinski definition) is 3. The van der Waals surface area contributed by atoms with Crippen molar-refractivity contribution in [3.8, 4) is 0 Å². The van der Waals surface area contributed by atoms with E-state index >= 15 is 0 Å². The van der Waals surface area contributed by atoms with E-state index in [1.54, 1.807) is 0 Å². The quantitative estimate of drug-likeness (QED) is 0.290. The number of aliphatic carboxylic acids is 3. The molecule has 0 aliphatic rings. The van der Waals surface area contributed by atoms with Gasteiger partial charge in [0, 0.05) is 6.42 Å². The van der Waals surface area contributed by atoms with Gasteiger partial charge in [0.15, 0.2) is 0 Å². The second-order valence-corrected chi connectivity index (χ2v) is 6.67. The molecular weight excluding hydrogens is 336 g/mol. The highest BCUT2D eigenvalue weighted by atomic mass is 16.4. The Morgan fingerprint density at radius 1 is 0.462 bits per heavy atom. The highest BCUT2D eigenvalue weighted by Gasteiger charge is 2.00. The first kappa shape index (κ1) is 26.6. The van der Waals surface area contributed by atoms with Gasteiger partial charge in [-0.25, -0.2) is 0 Å². The summed E-state index contributed by atoms with van der Waals surface area (Å²) in [6.45, 7) is 2.26.